The molecule has 1 amide bonds. The van der Waals surface area contributed by atoms with Gasteiger partial charge in [0.1, 0.15) is 5.82 Å². The van der Waals surface area contributed by atoms with Crippen LogP contribution in [0.1, 0.15) is 12.8 Å². The molecule has 1 atom stereocenters. The molecule has 138 valence electrons. The summed E-state index contributed by atoms with van der Waals surface area (Å²) >= 11 is 0. The maximum Gasteiger partial charge on any atom is 0.221 e. The third-order valence-electron chi connectivity index (χ3n) is 4.82. The molecule has 0 bridgehead atoms. The smallest absolute Gasteiger partial charge is 0.221 e. The summed E-state index contributed by atoms with van der Waals surface area (Å²) in [5, 5.41) is 2.81. The molecule has 0 spiro atoms. The zero-order valence-electron chi connectivity index (χ0n) is 14.2. The summed E-state index contributed by atoms with van der Waals surface area (Å²) in [7, 11) is -2.97. The molecule has 0 aromatic heterocycles. The van der Waals surface area contributed by atoms with Gasteiger partial charge >= 0.3 is 0 Å². The Labute approximate surface area is 147 Å². The predicted octanol–water partition coefficient (Wildman–Crippen LogP) is 0.641. The number of hydrogen-bond donors (Lipinski definition) is 1. The molecule has 8 heteroatoms. The van der Waals surface area contributed by atoms with E-state index in [-0.39, 0.29) is 29.3 Å². The van der Waals surface area contributed by atoms with Crippen LogP contribution in [0.2, 0.25) is 0 Å². The number of rotatable bonds is 5. The molecule has 0 radical (unpaired) electrons. The van der Waals surface area contributed by atoms with Crippen LogP contribution in [0.15, 0.2) is 24.3 Å². The highest BCUT2D eigenvalue weighted by molar-refractivity contribution is 7.91. The molecule has 3 rings (SSSR count). The van der Waals surface area contributed by atoms with Crippen LogP contribution in [0.3, 0.4) is 0 Å². The minimum Gasteiger partial charge on any atom is -0.367 e. The average Bonchev–Trinajstić information content (AvgIpc) is 2.92. The Morgan fingerprint density at radius 3 is 2.56 bits per heavy atom. The molecule has 2 aliphatic heterocycles. The number of carbonyl (C=O) groups excluding carboxylic acids is 1. The van der Waals surface area contributed by atoms with E-state index in [0.717, 1.165) is 26.2 Å². The summed E-state index contributed by atoms with van der Waals surface area (Å²) in [4.78, 5) is 16.2. The fraction of sp³-hybridized carbons (Fsp3) is 0.588. The topological polar surface area (TPSA) is 69.7 Å². The lowest BCUT2D eigenvalue weighted by molar-refractivity contribution is -0.122. The van der Waals surface area contributed by atoms with Crippen molar-refractivity contribution in [3.05, 3.63) is 30.1 Å². The maximum atomic E-state index is 13.8. The molecule has 25 heavy (non-hydrogen) atoms. The van der Waals surface area contributed by atoms with E-state index in [0.29, 0.717) is 25.1 Å². The first-order valence-electron chi connectivity index (χ1n) is 8.64. The number of anilines is 1. The molecule has 0 aliphatic carbocycles. The molecule has 2 fully saturated rings. The highest BCUT2D eigenvalue weighted by Crippen LogP contribution is 2.20. The summed E-state index contributed by atoms with van der Waals surface area (Å²) in [6.07, 6.45) is 0.867. The van der Waals surface area contributed by atoms with Gasteiger partial charge in [0.2, 0.25) is 5.91 Å². The quantitative estimate of drug-likeness (QED) is 0.825. The van der Waals surface area contributed by atoms with Crippen LogP contribution in [0.25, 0.3) is 0 Å². The number of amides is 1. The number of nitrogens with one attached hydrogen (secondary N) is 1. The fourth-order valence-electron chi connectivity index (χ4n) is 3.39. The standard InChI is InChI=1S/C17H24FN3O3S/c18-15-3-1-2-4-16(15)21-10-8-20(9-11-21)7-5-17(22)19-14-6-12-25(23,24)13-14/h1-4,14H,5-13H2,(H,19,22). The van der Waals surface area contributed by atoms with Crippen molar-refractivity contribution < 1.29 is 17.6 Å². The summed E-state index contributed by atoms with van der Waals surface area (Å²) in [5.74, 6) is -0.0869. The molecule has 1 aromatic carbocycles. The molecule has 2 saturated heterocycles. The maximum absolute atomic E-state index is 13.8. The van der Waals surface area contributed by atoms with Gasteiger partial charge in [0.15, 0.2) is 9.84 Å². The van der Waals surface area contributed by atoms with Crippen LogP contribution >= 0.6 is 0 Å². The van der Waals surface area contributed by atoms with Gasteiger partial charge in [-0.15, -0.1) is 0 Å². The summed E-state index contributed by atoms with van der Waals surface area (Å²) in [6, 6.07) is 6.53. The Hall–Kier alpha value is -1.67. The Morgan fingerprint density at radius 2 is 1.92 bits per heavy atom. The average molecular weight is 369 g/mol. The van der Waals surface area contributed by atoms with Crippen molar-refractivity contribution >= 4 is 21.4 Å². The number of hydrogen-bond acceptors (Lipinski definition) is 5. The van der Waals surface area contributed by atoms with E-state index < -0.39 is 9.84 Å². The van der Waals surface area contributed by atoms with Crippen molar-refractivity contribution in [1.82, 2.24) is 10.2 Å². The van der Waals surface area contributed by atoms with E-state index in [4.69, 9.17) is 0 Å². The van der Waals surface area contributed by atoms with Gasteiger partial charge in [-0.2, -0.15) is 0 Å². The zero-order valence-corrected chi connectivity index (χ0v) is 15.0. The lowest BCUT2D eigenvalue weighted by atomic mass is 10.2. The Kier molecular flexibility index (Phi) is 5.58. The first-order valence-corrected chi connectivity index (χ1v) is 10.5. The van der Waals surface area contributed by atoms with Crippen LogP contribution in [-0.2, 0) is 14.6 Å². The van der Waals surface area contributed by atoms with E-state index in [2.05, 4.69) is 10.2 Å². The molecule has 6 nitrogen and oxygen atoms in total. The number of nitrogens with zero attached hydrogens (tertiary/aromatic N) is 2. The number of halogens is 1. The van der Waals surface area contributed by atoms with Gasteiger partial charge in [0, 0.05) is 45.2 Å². The van der Waals surface area contributed by atoms with E-state index in [9.17, 15) is 17.6 Å². The molecule has 1 unspecified atom stereocenters. The molecule has 2 aliphatic rings. The van der Waals surface area contributed by atoms with Crippen LogP contribution in [-0.4, -0.2) is 69.5 Å². The Bertz CT molecular complexity index is 718. The van der Waals surface area contributed by atoms with Crippen LogP contribution in [0.5, 0.6) is 0 Å². The SMILES string of the molecule is O=C(CCN1CCN(c2ccccc2F)CC1)NC1CCS(=O)(=O)C1. The number of benzene rings is 1. The van der Waals surface area contributed by atoms with Gasteiger partial charge in [-0.25, -0.2) is 12.8 Å². The van der Waals surface area contributed by atoms with Gasteiger partial charge in [-0.1, -0.05) is 12.1 Å². The van der Waals surface area contributed by atoms with Crippen LogP contribution in [0, 0.1) is 5.82 Å². The van der Waals surface area contributed by atoms with E-state index in [1.807, 2.05) is 11.0 Å². The zero-order chi connectivity index (χ0) is 17.9. The first kappa shape index (κ1) is 18.1. The minimum atomic E-state index is -2.97. The van der Waals surface area contributed by atoms with Gasteiger partial charge in [0.25, 0.3) is 0 Å². The number of para-hydroxylation sites is 1. The number of piperazine rings is 1. The van der Waals surface area contributed by atoms with Crippen molar-refractivity contribution in [3.8, 4) is 0 Å². The second kappa shape index (κ2) is 7.70. The first-order chi connectivity index (χ1) is 11.9. The largest absolute Gasteiger partial charge is 0.367 e. The van der Waals surface area contributed by atoms with Crippen molar-refractivity contribution in [3.63, 3.8) is 0 Å². The lowest BCUT2D eigenvalue weighted by Crippen LogP contribution is -2.47. The highest BCUT2D eigenvalue weighted by atomic mass is 32.2. The Balaban J connectivity index is 1.39. The van der Waals surface area contributed by atoms with Gasteiger partial charge in [-0.3, -0.25) is 9.69 Å². The van der Waals surface area contributed by atoms with E-state index in [1.165, 1.54) is 6.07 Å². The second-order valence-corrected chi connectivity index (χ2v) is 8.93. The van der Waals surface area contributed by atoms with Crippen molar-refractivity contribution in [2.45, 2.75) is 18.9 Å². The molecule has 1 N–H and O–H groups in total. The van der Waals surface area contributed by atoms with E-state index >= 15 is 0 Å². The Morgan fingerprint density at radius 1 is 1.20 bits per heavy atom. The number of carbonyl (C=O) groups is 1. The van der Waals surface area contributed by atoms with Gasteiger partial charge in [0.05, 0.1) is 17.2 Å². The normalized spacial score (nSPS) is 23.6. The van der Waals surface area contributed by atoms with Crippen LogP contribution < -0.4 is 10.2 Å². The second-order valence-electron chi connectivity index (χ2n) is 6.70. The summed E-state index contributed by atoms with van der Waals surface area (Å²) in [5.41, 5.74) is 0.627. The molecule has 2 heterocycles. The van der Waals surface area contributed by atoms with Crippen molar-refractivity contribution in [1.29, 1.82) is 0 Å². The molecule has 1 aromatic rings. The van der Waals surface area contributed by atoms with Gasteiger partial charge < -0.3 is 10.2 Å². The summed E-state index contributed by atoms with van der Waals surface area (Å²) in [6.45, 7) is 3.64. The summed E-state index contributed by atoms with van der Waals surface area (Å²) < 4.78 is 36.6. The lowest BCUT2D eigenvalue weighted by Gasteiger charge is -2.36. The predicted molar refractivity (Wildman–Crippen MR) is 94.9 cm³/mol. The molecular formula is C17H24FN3O3S. The van der Waals surface area contributed by atoms with Crippen LogP contribution in [0.4, 0.5) is 10.1 Å². The van der Waals surface area contributed by atoms with Crippen molar-refractivity contribution in [2.24, 2.45) is 0 Å². The molecular weight excluding hydrogens is 345 g/mol. The molecule has 0 saturated carbocycles. The third-order valence-corrected chi connectivity index (χ3v) is 6.59. The number of sulfone groups is 1. The van der Waals surface area contributed by atoms with E-state index in [1.54, 1.807) is 12.1 Å². The highest BCUT2D eigenvalue weighted by Gasteiger charge is 2.29. The minimum absolute atomic E-state index is 0.0556. The third kappa shape index (κ3) is 4.92. The fourth-order valence-corrected chi connectivity index (χ4v) is 5.06. The van der Waals surface area contributed by atoms with Gasteiger partial charge in [-0.05, 0) is 18.6 Å². The van der Waals surface area contributed by atoms with Crippen molar-refractivity contribution in [2.75, 3.05) is 49.1 Å². The monoisotopic (exact) mass is 369 g/mol.